The molecule has 14 heteroatoms. The van der Waals surface area contributed by atoms with E-state index >= 15 is 0 Å². The van der Waals surface area contributed by atoms with Crippen LogP contribution in [0.4, 0.5) is 0 Å². The van der Waals surface area contributed by atoms with Crippen molar-refractivity contribution in [1.82, 2.24) is 0 Å². The second kappa shape index (κ2) is 44.7. The van der Waals surface area contributed by atoms with E-state index < -0.39 is 80.7 Å². The number of hydrogen-bond donors (Lipinski definition) is 7. The summed E-state index contributed by atoms with van der Waals surface area (Å²) in [6.45, 7) is 3.52. The summed E-state index contributed by atoms with van der Waals surface area (Å²) in [5, 5.41) is 72.2. The van der Waals surface area contributed by atoms with E-state index in [1.807, 2.05) is 0 Å². The van der Waals surface area contributed by atoms with Crippen LogP contribution >= 0.6 is 0 Å². The number of aliphatic hydroxyl groups is 7. The predicted molar refractivity (Wildman–Crippen MR) is 284 cm³/mol. The van der Waals surface area contributed by atoms with Gasteiger partial charge >= 0.3 is 5.97 Å². The molecule has 11 atom stereocenters. The van der Waals surface area contributed by atoms with E-state index in [-0.39, 0.29) is 25.6 Å². The highest BCUT2D eigenvalue weighted by Crippen LogP contribution is 2.26. The van der Waals surface area contributed by atoms with E-state index in [0.29, 0.717) is 13.0 Å². The molecular formula is C58H100O14. The van der Waals surface area contributed by atoms with Gasteiger partial charge in [-0.1, -0.05) is 170 Å². The first kappa shape index (κ1) is 65.5. The Morgan fingerprint density at radius 1 is 0.472 bits per heavy atom. The van der Waals surface area contributed by atoms with Crippen LogP contribution in [0.25, 0.3) is 0 Å². The maximum absolute atomic E-state index is 13.0. The molecule has 0 spiro atoms. The number of hydrogen-bond acceptors (Lipinski definition) is 14. The summed E-state index contributed by atoms with van der Waals surface area (Å²) in [5.74, 6) is -0.390. The lowest BCUT2D eigenvalue weighted by Crippen LogP contribution is -2.61. The number of unbranched alkanes of at least 4 members (excludes halogenated alkanes) is 18. The SMILES string of the molecule is CC/C=C\C/C=C\C/C=C\C/C=C\C/C=C\CCCCCCCCCCCCOCC(COC1OC(COC2OC(CO)C(O)C(O)C2O)C(O)C(O)C1O)OC(=O)CCCCCCC/C=C\CCCCC. The third kappa shape index (κ3) is 31.3. The van der Waals surface area contributed by atoms with Gasteiger partial charge in [-0.15, -0.1) is 0 Å². The highest BCUT2D eigenvalue weighted by molar-refractivity contribution is 5.69. The summed E-state index contributed by atoms with van der Waals surface area (Å²) in [6, 6.07) is 0. The Bertz CT molecular complexity index is 1460. The third-order valence-corrected chi connectivity index (χ3v) is 12.9. The average Bonchev–Trinajstić information content (AvgIpc) is 3.38. The third-order valence-electron chi connectivity index (χ3n) is 12.9. The second-order valence-corrected chi connectivity index (χ2v) is 19.4. The minimum Gasteiger partial charge on any atom is -0.457 e. The summed E-state index contributed by atoms with van der Waals surface area (Å²) in [5.41, 5.74) is 0. The number of carbonyl (C=O) groups is 1. The summed E-state index contributed by atoms with van der Waals surface area (Å²) < 4.78 is 34.3. The topological polar surface area (TPSA) is 214 Å². The number of esters is 1. The van der Waals surface area contributed by atoms with Crippen LogP contribution in [-0.4, -0.2) is 142 Å². The zero-order valence-electron chi connectivity index (χ0n) is 44.4. The van der Waals surface area contributed by atoms with Gasteiger partial charge in [0.05, 0.1) is 26.4 Å². The number of allylic oxidation sites excluding steroid dienone is 12. The molecule has 0 aliphatic carbocycles. The lowest BCUT2D eigenvalue weighted by molar-refractivity contribution is -0.332. The fourth-order valence-electron chi connectivity index (χ4n) is 8.42. The van der Waals surface area contributed by atoms with E-state index in [1.165, 1.54) is 64.2 Å². The first-order chi connectivity index (χ1) is 35.1. The van der Waals surface area contributed by atoms with Crippen molar-refractivity contribution in [3.8, 4) is 0 Å². The Hall–Kier alpha value is -2.57. The molecule has 0 aromatic carbocycles. The fourth-order valence-corrected chi connectivity index (χ4v) is 8.42. The minimum atomic E-state index is -1.71. The van der Waals surface area contributed by atoms with E-state index in [1.54, 1.807) is 0 Å². The van der Waals surface area contributed by atoms with Gasteiger partial charge in [0.2, 0.25) is 0 Å². The highest BCUT2D eigenvalue weighted by Gasteiger charge is 2.47. The van der Waals surface area contributed by atoms with Crippen LogP contribution in [0.1, 0.15) is 187 Å². The maximum atomic E-state index is 13.0. The number of ether oxygens (including phenoxy) is 6. The van der Waals surface area contributed by atoms with Gasteiger partial charge in [0.1, 0.15) is 54.9 Å². The van der Waals surface area contributed by atoms with Crippen molar-refractivity contribution in [3.05, 3.63) is 72.9 Å². The van der Waals surface area contributed by atoms with E-state index in [9.17, 15) is 40.5 Å². The smallest absolute Gasteiger partial charge is 0.306 e. The van der Waals surface area contributed by atoms with Gasteiger partial charge < -0.3 is 64.2 Å². The molecule has 2 aliphatic rings. The van der Waals surface area contributed by atoms with E-state index in [4.69, 9.17) is 28.4 Å². The van der Waals surface area contributed by atoms with Crippen LogP contribution in [-0.2, 0) is 33.2 Å². The van der Waals surface area contributed by atoms with Gasteiger partial charge in [-0.3, -0.25) is 4.79 Å². The summed E-state index contributed by atoms with van der Waals surface area (Å²) in [4.78, 5) is 13.0. The van der Waals surface area contributed by atoms with Crippen LogP contribution in [0.15, 0.2) is 72.9 Å². The molecule has 416 valence electrons. The van der Waals surface area contributed by atoms with Crippen LogP contribution in [0.3, 0.4) is 0 Å². The van der Waals surface area contributed by atoms with Gasteiger partial charge in [0, 0.05) is 13.0 Å². The Labute approximate surface area is 434 Å². The first-order valence-electron chi connectivity index (χ1n) is 28.0. The molecule has 2 saturated heterocycles. The molecule has 2 aliphatic heterocycles. The summed E-state index contributed by atoms with van der Waals surface area (Å²) >= 11 is 0. The molecule has 0 aromatic heterocycles. The number of carbonyl (C=O) groups excluding carboxylic acids is 1. The van der Waals surface area contributed by atoms with Crippen LogP contribution in [0.5, 0.6) is 0 Å². The Morgan fingerprint density at radius 2 is 0.903 bits per heavy atom. The maximum Gasteiger partial charge on any atom is 0.306 e. The zero-order chi connectivity index (χ0) is 52.3. The zero-order valence-corrected chi connectivity index (χ0v) is 44.4. The molecule has 7 N–H and O–H groups in total. The number of rotatable bonds is 44. The molecule has 0 amide bonds. The van der Waals surface area contributed by atoms with Crippen molar-refractivity contribution in [3.63, 3.8) is 0 Å². The van der Waals surface area contributed by atoms with Crippen molar-refractivity contribution in [1.29, 1.82) is 0 Å². The van der Waals surface area contributed by atoms with E-state index in [2.05, 4.69) is 86.8 Å². The molecule has 2 rings (SSSR count). The van der Waals surface area contributed by atoms with Gasteiger partial charge in [-0.05, 0) is 83.5 Å². The van der Waals surface area contributed by atoms with Gasteiger partial charge in [0.25, 0.3) is 0 Å². The highest BCUT2D eigenvalue weighted by atomic mass is 16.7. The minimum absolute atomic E-state index is 0.0520. The summed E-state index contributed by atoms with van der Waals surface area (Å²) in [7, 11) is 0. The van der Waals surface area contributed by atoms with Crippen molar-refractivity contribution >= 4 is 5.97 Å². The van der Waals surface area contributed by atoms with Crippen LogP contribution in [0.2, 0.25) is 0 Å². The molecule has 0 radical (unpaired) electrons. The molecule has 2 fully saturated rings. The molecule has 14 nitrogen and oxygen atoms in total. The van der Waals surface area contributed by atoms with Crippen LogP contribution < -0.4 is 0 Å². The molecule has 0 aromatic rings. The molecular weight excluding hydrogens is 921 g/mol. The van der Waals surface area contributed by atoms with E-state index in [0.717, 1.165) is 96.3 Å². The molecule has 2 heterocycles. The molecule has 72 heavy (non-hydrogen) atoms. The lowest BCUT2D eigenvalue weighted by Gasteiger charge is -2.42. The predicted octanol–water partition coefficient (Wildman–Crippen LogP) is 9.47. The van der Waals surface area contributed by atoms with Gasteiger partial charge in [-0.2, -0.15) is 0 Å². The molecule has 11 unspecified atom stereocenters. The van der Waals surface area contributed by atoms with Gasteiger partial charge in [-0.25, -0.2) is 0 Å². The van der Waals surface area contributed by atoms with Crippen molar-refractivity contribution in [2.75, 3.05) is 33.0 Å². The average molecular weight is 1020 g/mol. The Balaban J connectivity index is 1.69. The standard InChI is InChI=1S/C58H100O14/c1-3-5-7-9-11-13-15-17-18-19-20-21-22-23-24-25-26-27-28-29-30-32-34-36-38-40-42-67-44-47(70-50(60)41-39-37-35-33-31-16-14-12-10-8-6-4-2)45-68-57-56(66)54(64)52(62)49(72-57)46-69-58-55(65)53(63)51(61)48(43-59)71-58/h5,7,11-14,17-18,20-21,23-24,47-49,51-59,61-66H,3-4,6,8-10,15-16,19,22,25-46H2,1-2H3/b7-5-,13-11-,14-12-,18-17-,21-20-,24-23-. The fraction of sp³-hybridized carbons (Fsp3) is 0.776. The molecule has 0 bridgehead atoms. The molecule has 0 saturated carbocycles. The lowest BCUT2D eigenvalue weighted by atomic mass is 9.98. The monoisotopic (exact) mass is 1020 g/mol. The first-order valence-corrected chi connectivity index (χ1v) is 28.0. The van der Waals surface area contributed by atoms with Crippen molar-refractivity contribution in [2.45, 2.75) is 255 Å². The van der Waals surface area contributed by atoms with Crippen molar-refractivity contribution in [2.24, 2.45) is 0 Å². The van der Waals surface area contributed by atoms with Crippen LogP contribution in [0, 0.1) is 0 Å². The number of aliphatic hydroxyl groups excluding tert-OH is 7. The Kier molecular flexibility index (Phi) is 40.7. The quantitative estimate of drug-likeness (QED) is 0.0172. The summed E-state index contributed by atoms with van der Waals surface area (Å²) in [6.07, 6.45) is 39.7. The largest absolute Gasteiger partial charge is 0.457 e. The second-order valence-electron chi connectivity index (χ2n) is 19.4. The Morgan fingerprint density at radius 3 is 1.43 bits per heavy atom. The normalized spacial score (nSPS) is 25.7. The van der Waals surface area contributed by atoms with Crippen molar-refractivity contribution < 1.29 is 69.0 Å². The van der Waals surface area contributed by atoms with Gasteiger partial charge in [0.15, 0.2) is 12.6 Å².